The number of rotatable bonds is 0. The molecule has 0 radical (unpaired) electrons. The molecule has 2 heterocycles. The fraction of sp³-hybridized carbons (Fsp3) is 0.118. The monoisotopic (exact) mass is 264 g/mol. The third kappa shape index (κ3) is 1.43. The molecule has 0 amide bonds. The van der Waals surface area contributed by atoms with E-state index in [0.717, 1.165) is 22.1 Å². The normalized spacial score (nSPS) is 12.7. The SMILES string of the molecule is Cc1cccc2c3c(c(=O)oc12)-c1ccccc1CO3. The molecule has 3 heteroatoms. The van der Waals surface area contributed by atoms with Gasteiger partial charge in [0.05, 0.1) is 5.39 Å². The van der Waals surface area contributed by atoms with Crippen molar-refractivity contribution in [2.45, 2.75) is 13.5 Å². The molecule has 20 heavy (non-hydrogen) atoms. The van der Waals surface area contributed by atoms with Gasteiger partial charge in [0.25, 0.3) is 0 Å². The van der Waals surface area contributed by atoms with Crippen molar-refractivity contribution in [1.82, 2.24) is 0 Å². The van der Waals surface area contributed by atoms with E-state index in [1.54, 1.807) is 0 Å². The summed E-state index contributed by atoms with van der Waals surface area (Å²) < 4.78 is 11.4. The van der Waals surface area contributed by atoms with Gasteiger partial charge in [0.15, 0.2) is 0 Å². The topological polar surface area (TPSA) is 39.4 Å². The molecule has 2 aromatic carbocycles. The van der Waals surface area contributed by atoms with Crippen molar-refractivity contribution in [1.29, 1.82) is 0 Å². The van der Waals surface area contributed by atoms with E-state index in [1.165, 1.54) is 0 Å². The average Bonchev–Trinajstić information content (AvgIpc) is 2.48. The van der Waals surface area contributed by atoms with Gasteiger partial charge in [0.1, 0.15) is 23.5 Å². The number of ether oxygens (including phenoxy) is 1. The number of hydrogen-bond donors (Lipinski definition) is 0. The van der Waals surface area contributed by atoms with Crippen molar-refractivity contribution in [3.05, 3.63) is 64.0 Å². The summed E-state index contributed by atoms with van der Waals surface area (Å²) in [6, 6.07) is 13.6. The molecule has 0 aliphatic carbocycles. The van der Waals surface area contributed by atoms with E-state index in [2.05, 4.69) is 0 Å². The van der Waals surface area contributed by atoms with Crippen LogP contribution in [-0.4, -0.2) is 0 Å². The van der Waals surface area contributed by atoms with Crippen LogP contribution in [0.2, 0.25) is 0 Å². The number of benzene rings is 2. The maximum absolute atomic E-state index is 12.3. The molecule has 3 nitrogen and oxygen atoms in total. The maximum Gasteiger partial charge on any atom is 0.348 e. The van der Waals surface area contributed by atoms with Gasteiger partial charge in [0, 0.05) is 0 Å². The van der Waals surface area contributed by atoms with Gasteiger partial charge < -0.3 is 9.15 Å². The minimum absolute atomic E-state index is 0.339. The molecule has 1 aliphatic heterocycles. The third-order valence-corrected chi connectivity index (χ3v) is 3.74. The van der Waals surface area contributed by atoms with Crippen molar-refractivity contribution in [2.75, 3.05) is 0 Å². The van der Waals surface area contributed by atoms with Crippen LogP contribution in [0, 0.1) is 6.92 Å². The zero-order chi connectivity index (χ0) is 13.7. The van der Waals surface area contributed by atoms with E-state index in [4.69, 9.17) is 9.15 Å². The third-order valence-electron chi connectivity index (χ3n) is 3.74. The maximum atomic E-state index is 12.3. The Kier molecular flexibility index (Phi) is 2.24. The largest absolute Gasteiger partial charge is 0.487 e. The summed E-state index contributed by atoms with van der Waals surface area (Å²) >= 11 is 0. The minimum Gasteiger partial charge on any atom is -0.487 e. The van der Waals surface area contributed by atoms with Gasteiger partial charge in [-0.25, -0.2) is 4.79 Å². The highest BCUT2D eigenvalue weighted by Crippen LogP contribution is 2.40. The fourth-order valence-corrected chi connectivity index (χ4v) is 2.76. The van der Waals surface area contributed by atoms with E-state index in [9.17, 15) is 4.79 Å². The molecule has 0 N–H and O–H groups in total. The lowest BCUT2D eigenvalue weighted by molar-refractivity contribution is 0.303. The van der Waals surface area contributed by atoms with E-state index in [1.807, 2.05) is 49.4 Å². The number of aryl methyl sites for hydroxylation is 1. The lowest BCUT2D eigenvalue weighted by Crippen LogP contribution is -2.14. The standard InChI is InChI=1S/C17H12O3/c1-10-5-4-8-13-15(10)20-17(18)14-12-7-3-2-6-11(12)9-19-16(13)14/h2-8H,9H2,1H3. The summed E-state index contributed by atoms with van der Waals surface area (Å²) in [4.78, 5) is 12.3. The van der Waals surface area contributed by atoms with Crippen LogP contribution in [0.15, 0.2) is 51.7 Å². The highest BCUT2D eigenvalue weighted by molar-refractivity contribution is 5.93. The highest BCUT2D eigenvalue weighted by atomic mass is 16.5. The zero-order valence-electron chi connectivity index (χ0n) is 11.0. The van der Waals surface area contributed by atoms with Gasteiger partial charge in [-0.15, -0.1) is 0 Å². The van der Waals surface area contributed by atoms with Crippen LogP contribution >= 0.6 is 0 Å². The summed E-state index contributed by atoms with van der Waals surface area (Å²) in [5.74, 6) is 0.638. The lowest BCUT2D eigenvalue weighted by Gasteiger charge is -2.20. The van der Waals surface area contributed by atoms with Crippen molar-refractivity contribution in [3.8, 4) is 16.9 Å². The van der Waals surface area contributed by atoms with Gasteiger partial charge in [-0.1, -0.05) is 36.4 Å². The van der Waals surface area contributed by atoms with Gasteiger partial charge in [-0.2, -0.15) is 0 Å². The number of hydrogen-bond acceptors (Lipinski definition) is 3. The molecule has 0 unspecified atom stereocenters. The van der Waals surface area contributed by atoms with Crippen LogP contribution in [-0.2, 0) is 6.61 Å². The molecule has 4 rings (SSSR count). The summed E-state index contributed by atoms with van der Waals surface area (Å²) in [6.07, 6.45) is 0. The van der Waals surface area contributed by atoms with Crippen molar-refractivity contribution >= 4 is 11.0 Å². The Bertz CT molecular complexity index is 890. The molecule has 0 spiro atoms. The molecular weight excluding hydrogens is 252 g/mol. The van der Waals surface area contributed by atoms with Gasteiger partial charge >= 0.3 is 5.63 Å². The first-order valence-corrected chi connectivity index (χ1v) is 6.53. The first-order valence-electron chi connectivity index (χ1n) is 6.53. The molecule has 1 aliphatic rings. The van der Waals surface area contributed by atoms with Crippen molar-refractivity contribution in [2.24, 2.45) is 0 Å². The van der Waals surface area contributed by atoms with E-state index in [-0.39, 0.29) is 5.63 Å². The lowest BCUT2D eigenvalue weighted by atomic mass is 9.97. The van der Waals surface area contributed by atoms with E-state index >= 15 is 0 Å². The highest BCUT2D eigenvalue weighted by Gasteiger charge is 2.24. The Morgan fingerprint density at radius 1 is 1.05 bits per heavy atom. The second-order valence-corrected chi connectivity index (χ2v) is 4.99. The quantitative estimate of drug-likeness (QED) is 0.582. The summed E-state index contributed by atoms with van der Waals surface area (Å²) in [6.45, 7) is 2.41. The molecule has 0 saturated heterocycles. The predicted octanol–water partition coefficient (Wildman–Crippen LogP) is 3.66. The van der Waals surface area contributed by atoms with Crippen LogP contribution in [0.4, 0.5) is 0 Å². The van der Waals surface area contributed by atoms with Crippen LogP contribution in [0.25, 0.3) is 22.1 Å². The number of para-hydroxylation sites is 1. The Morgan fingerprint density at radius 2 is 1.90 bits per heavy atom. The van der Waals surface area contributed by atoms with Crippen molar-refractivity contribution in [3.63, 3.8) is 0 Å². The first-order chi connectivity index (χ1) is 9.75. The second kappa shape index (κ2) is 3.97. The van der Waals surface area contributed by atoms with Crippen LogP contribution in [0.3, 0.4) is 0 Å². The molecule has 0 bridgehead atoms. The first kappa shape index (κ1) is 11.3. The predicted molar refractivity (Wildman–Crippen MR) is 77.0 cm³/mol. The Hall–Kier alpha value is -2.55. The van der Waals surface area contributed by atoms with E-state index in [0.29, 0.717) is 23.5 Å². The Morgan fingerprint density at radius 3 is 2.80 bits per heavy atom. The van der Waals surface area contributed by atoms with Crippen molar-refractivity contribution < 1.29 is 9.15 Å². The van der Waals surface area contributed by atoms with E-state index < -0.39 is 0 Å². The molecule has 3 aromatic rings. The molecular formula is C17H12O3. The zero-order valence-corrected chi connectivity index (χ0v) is 11.0. The molecule has 0 saturated carbocycles. The van der Waals surface area contributed by atoms with Gasteiger partial charge in [0.2, 0.25) is 0 Å². The second-order valence-electron chi connectivity index (χ2n) is 4.99. The van der Waals surface area contributed by atoms with Gasteiger partial charge in [-0.3, -0.25) is 0 Å². The summed E-state index contributed by atoms with van der Waals surface area (Å²) in [5.41, 5.74) is 3.66. The fourth-order valence-electron chi connectivity index (χ4n) is 2.76. The van der Waals surface area contributed by atoms with Crippen LogP contribution in [0.1, 0.15) is 11.1 Å². The number of fused-ring (bicyclic) bond motifs is 5. The minimum atomic E-state index is -0.339. The van der Waals surface area contributed by atoms with Crippen LogP contribution < -0.4 is 10.4 Å². The molecule has 0 fully saturated rings. The Labute approximate surface area is 115 Å². The summed E-state index contributed by atoms with van der Waals surface area (Å²) in [7, 11) is 0. The average molecular weight is 264 g/mol. The van der Waals surface area contributed by atoms with Crippen LogP contribution in [0.5, 0.6) is 5.75 Å². The smallest absolute Gasteiger partial charge is 0.348 e. The summed E-state index contributed by atoms with van der Waals surface area (Å²) in [5, 5.41) is 0.856. The molecule has 98 valence electrons. The molecule has 1 aromatic heterocycles. The molecule has 0 atom stereocenters. The Balaban J connectivity index is 2.18. The van der Waals surface area contributed by atoms with Gasteiger partial charge in [-0.05, 0) is 29.7 Å².